The molecular formula is C25H27N3O4. The van der Waals surface area contributed by atoms with Gasteiger partial charge in [-0.05, 0) is 61.4 Å². The number of nitrogens with zero attached hydrogens (tertiary/aromatic N) is 2. The Bertz CT molecular complexity index is 1050. The van der Waals surface area contributed by atoms with Gasteiger partial charge in [-0.15, -0.1) is 6.42 Å². The zero-order valence-electron chi connectivity index (χ0n) is 18.3. The second-order valence-corrected chi connectivity index (χ2v) is 7.53. The lowest BCUT2D eigenvalue weighted by Crippen LogP contribution is -2.28. The van der Waals surface area contributed by atoms with E-state index in [4.69, 9.17) is 21.6 Å². The van der Waals surface area contributed by atoms with Gasteiger partial charge >= 0.3 is 5.97 Å². The number of benzene rings is 2. The minimum Gasteiger partial charge on any atom is -0.493 e. The second-order valence-electron chi connectivity index (χ2n) is 7.53. The SMILES string of the molecule is C#CCN=C(N)c1ccc(N(C)C(=O)c2ccc3c(c2)CC(CC(=O)OCC)CO3)cc1. The molecule has 1 atom stereocenters. The van der Waals surface area contributed by atoms with Crippen LogP contribution in [-0.2, 0) is 16.0 Å². The molecule has 32 heavy (non-hydrogen) atoms. The van der Waals surface area contributed by atoms with Crippen LogP contribution in [0.2, 0.25) is 0 Å². The minimum absolute atomic E-state index is 0.0266. The predicted molar refractivity (Wildman–Crippen MR) is 124 cm³/mol. The van der Waals surface area contributed by atoms with Gasteiger partial charge in [0.1, 0.15) is 18.1 Å². The molecule has 0 aliphatic carbocycles. The minimum atomic E-state index is -0.232. The number of anilines is 1. The second kappa shape index (κ2) is 10.5. The third-order valence-corrected chi connectivity index (χ3v) is 5.25. The molecule has 2 aromatic rings. The Labute approximate surface area is 188 Å². The summed E-state index contributed by atoms with van der Waals surface area (Å²) in [5.41, 5.74) is 8.83. The quantitative estimate of drug-likeness (QED) is 0.314. The summed E-state index contributed by atoms with van der Waals surface area (Å²) < 4.78 is 10.8. The van der Waals surface area contributed by atoms with Gasteiger partial charge in [-0.25, -0.2) is 0 Å². The summed E-state index contributed by atoms with van der Waals surface area (Å²) in [6, 6.07) is 12.6. The number of esters is 1. The van der Waals surface area contributed by atoms with Crippen LogP contribution in [0.1, 0.15) is 34.8 Å². The highest BCUT2D eigenvalue weighted by molar-refractivity contribution is 6.06. The Hall–Kier alpha value is -3.79. The number of carbonyl (C=O) groups is 2. The first-order valence-electron chi connectivity index (χ1n) is 10.5. The summed E-state index contributed by atoms with van der Waals surface area (Å²) in [4.78, 5) is 30.5. The lowest BCUT2D eigenvalue weighted by Gasteiger charge is -2.25. The van der Waals surface area contributed by atoms with Crippen LogP contribution in [0.15, 0.2) is 47.5 Å². The molecule has 3 rings (SSSR count). The van der Waals surface area contributed by atoms with Crippen molar-refractivity contribution in [3.05, 3.63) is 59.2 Å². The first-order chi connectivity index (χ1) is 15.4. The van der Waals surface area contributed by atoms with E-state index < -0.39 is 0 Å². The van der Waals surface area contributed by atoms with Crippen molar-refractivity contribution in [2.75, 3.05) is 31.7 Å². The lowest BCUT2D eigenvalue weighted by molar-refractivity contribution is -0.144. The van der Waals surface area contributed by atoms with E-state index in [-0.39, 0.29) is 24.3 Å². The number of rotatable bonds is 7. The van der Waals surface area contributed by atoms with Crippen molar-refractivity contribution in [2.45, 2.75) is 19.8 Å². The molecule has 1 aliphatic heterocycles. The molecule has 0 fully saturated rings. The average molecular weight is 434 g/mol. The highest BCUT2D eigenvalue weighted by Gasteiger charge is 2.24. The Morgan fingerprint density at radius 2 is 1.97 bits per heavy atom. The van der Waals surface area contributed by atoms with E-state index in [2.05, 4.69) is 10.9 Å². The first kappa shape index (κ1) is 22.9. The Morgan fingerprint density at radius 1 is 1.25 bits per heavy atom. The molecular weight excluding hydrogens is 406 g/mol. The third kappa shape index (κ3) is 5.46. The van der Waals surface area contributed by atoms with Crippen LogP contribution in [0.4, 0.5) is 5.69 Å². The first-order valence-corrected chi connectivity index (χ1v) is 10.5. The Morgan fingerprint density at radius 3 is 2.66 bits per heavy atom. The summed E-state index contributed by atoms with van der Waals surface area (Å²) in [6.07, 6.45) is 6.16. The molecule has 7 nitrogen and oxygen atoms in total. The molecule has 2 aromatic carbocycles. The average Bonchev–Trinajstić information content (AvgIpc) is 2.81. The number of nitrogens with two attached hydrogens (primary N) is 1. The van der Waals surface area contributed by atoms with Crippen LogP contribution in [0.3, 0.4) is 0 Å². The molecule has 0 aromatic heterocycles. The molecule has 0 radical (unpaired) electrons. The maximum Gasteiger partial charge on any atom is 0.306 e. The standard InChI is InChI=1S/C25H27N3O4/c1-4-12-27-24(26)18-6-9-21(10-7-18)28(3)25(30)19-8-11-22-20(15-19)13-17(16-32-22)14-23(29)31-5-2/h1,6-11,15,17H,5,12-14,16H2,2-3H3,(H2,26,27). The summed E-state index contributed by atoms with van der Waals surface area (Å²) in [7, 11) is 1.71. The van der Waals surface area contributed by atoms with Gasteiger partial charge < -0.3 is 20.1 Å². The van der Waals surface area contributed by atoms with Gasteiger partial charge in [0, 0.05) is 29.8 Å². The number of hydrogen-bond donors (Lipinski definition) is 1. The fourth-order valence-corrected chi connectivity index (χ4v) is 3.57. The van der Waals surface area contributed by atoms with Crippen molar-refractivity contribution in [3.63, 3.8) is 0 Å². The number of amidine groups is 1. The number of ether oxygens (including phenoxy) is 2. The summed E-state index contributed by atoms with van der Waals surface area (Å²) >= 11 is 0. The molecule has 1 aliphatic rings. The number of amides is 1. The fourth-order valence-electron chi connectivity index (χ4n) is 3.57. The molecule has 2 N–H and O–H groups in total. The highest BCUT2D eigenvalue weighted by Crippen LogP contribution is 2.30. The van der Waals surface area contributed by atoms with Crippen LogP contribution in [0, 0.1) is 18.3 Å². The van der Waals surface area contributed by atoms with Crippen LogP contribution in [0.25, 0.3) is 0 Å². The smallest absolute Gasteiger partial charge is 0.306 e. The Kier molecular flexibility index (Phi) is 7.50. The Balaban J connectivity index is 1.71. The van der Waals surface area contributed by atoms with E-state index >= 15 is 0 Å². The monoisotopic (exact) mass is 433 g/mol. The molecule has 0 saturated carbocycles. The van der Waals surface area contributed by atoms with Gasteiger partial charge in [-0.2, -0.15) is 0 Å². The van der Waals surface area contributed by atoms with Crippen LogP contribution >= 0.6 is 0 Å². The predicted octanol–water partition coefficient (Wildman–Crippen LogP) is 2.81. The number of terminal acetylenes is 1. The molecule has 0 spiro atoms. The third-order valence-electron chi connectivity index (χ3n) is 5.25. The number of fused-ring (bicyclic) bond motifs is 1. The van der Waals surface area contributed by atoms with Gasteiger partial charge in [-0.1, -0.05) is 5.92 Å². The molecule has 0 saturated heterocycles. The zero-order chi connectivity index (χ0) is 23.1. The van der Waals surface area contributed by atoms with E-state index in [1.54, 1.807) is 37.1 Å². The van der Waals surface area contributed by atoms with Crippen molar-refractivity contribution in [3.8, 4) is 18.1 Å². The van der Waals surface area contributed by atoms with Crippen molar-refractivity contribution < 1.29 is 19.1 Å². The number of hydrogen-bond acceptors (Lipinski definition) is 5. The van der Waals surface area contributed by atoms with Crippen LogP contribution in [-0.4, -0.2) is 44.5 Å². The number of aliphatic imine (C=N–C) groups is 1. The molecule has 0 bridgehead atoms. The van der Waals surface area contributed by atoms with Crippen LogP contribution < -0.4 is 15.4 Å². The van der Waals surface area contributed by atoms with Crippen molar-refractivity contribution in [1.82, 2.24) is 0 Å². The van der Waals surface area contributed by atoms with Gasteiger partial charge in [0.2, 0.25) is 0 Å². The van der Waals surface area contributed by atoms with Gasteiger partial charge in [0.25, 0.3) is 5.91 Å². The van der Waals surface area contributed by atoms with Gasteiger partial charge in [-0.3, -0.25) is 14.6 Å². The van der Waals surface area contributed by atoms with E-state index in [0.717, 1.165) is 22.6 Å². The zero-order valence-corrected chi connectivity index (χ0v) is 18.3. The summed E-state index contributed by atoms with van der Waals surface area (Å²) in [5.74, 6) is 3.16. The van der Waals surface area contributed by atoms with E-state index in [0.29, 0.717) is 37.5 Å². The maximum absolute atomic E-state index is 13.1. The van der Waals surface area contributed by atoms with Crippen molar-refractivity contribution in [2.24, 2.45) is 16.6 Å². The normalized spacial score (nSPS) is 15.2. The van der Waals surface area contributed by atoms with E-state index in [9.17, 15) is 9.59 Å². The largest absolute Gasteiger partial charge is 0.493 e. The fraction of sp³-hybridized carbons (Fsp3) is 0.320. The number of carbonyl (C=O) groups excluding carboxylic acids is 2. The van der Waals surface area contributed by atoms with Crippen molar-refractivity contribution in [1.29, 1.82) is 0 Å². The molecule has 1 heterocycles. The lowest BCUT2D eigenvalue weighted by atomic mass is 9.93. The molecule has 1 amide bonds. The topological polar surface area (TPSA) is 94.2 Å². The molecule has 166 valence electrons. The van der Waals surface area contributed by atoms with Crippen molar-refractivity contribution >= 4 is 23.4 Å². The highest BCUT2D eigenvalue weighted by atomic mass is 16.5. The van der Waals surface area contributed by atoms with E-state index in [1.165, 1.54) is 0 Å². The van der Waals surface area contributed by atoms with Gasteiger partial charge in [0.05, 0.1) is 19.6 Å². The molecule has 7 heteroatoms. The maximum atomic E-state index is 13.1. The van der Waals surface area contributed by atoms with Gasteiger partial charge in [0.15, 0.2) is 0 Å². The van der Waals surface area contributed by atoms with Crippen LogP contribution in [0.5, 0.6) is 5.75 Å². The summed E-state index contributed by atoms with van der Waals surface area (Å²) in [6.45, 7) is 2.82. The molecule has 1 unspecified atom stereocenters. The summed E-state index contributed by atoms with van der Waals surface area (Å²) in [5, 5.41) is 0. The van der Waals surface area contributed by atoms with E-state index in [1.807, 2.05) is 24.3 Å².